The van der Waals surface area contributed by atoms with Gasteiger partial charge in [0.1, 0.15) is 0 Å². The van der Waals surface area contributed by atoms with Crippen LogP contribution < -0.4 is 5.73 Å². The Kier molecular flexibility index (Phi) is 3.96. The largest absolute Gasteiger partial charge is 0.329 e. The zero-order valence-electron chi connectivity index (χ0n) is 10.2. The molecule has 1 fully saturated rings. The normalized spacial score (nSPS) is 25.3. The van der Waals surface area contributed by atoms with Crippen LogP contribution in [0.1, 0.15) is 39.5 Å². The highest BCUT2D eigenvalue weighted by atomic mass is 15.1. The van der Waals surface area contributed by atoms with Gasteiger partial charge in [-0.15, -0.1) is 0 Å². The lowest BCUT2D eigenvalue weighted by molar-refractivity contribution is 0.120. The fourth-order valence-corrected chi connectivity index (χ4v) is 2.63. The van der Waals surface area contributed by atoms with Gasteiger partial charge in [-0.3, -0.25) is 0 Å². The monoisotopic (exact) mass is 198 g/mol. The van der Waals surface area contributed by atoms with E-state index < -0.39 is 0 Å². The second-order valence-corrected chi connectivity index (χ2v) is 5.77. The van der Waals surface area contributed by atoms with Gasteiger partial charge < -0.3 is 10.6 Å². The Labute approximate surface area is 88.8 Å². The third-order valence-corrected chi connectivity index (χ3v) is 3.83. The molecule has 0 aromatic heterocycles. The highest BCUT2D eigenvalue weighted by Crippen LogP contribution is 2.39. The summed E-state index contributed by atoms with van der Waals surface area (Å²) in [4.78, 5) is 2.29. The molecule has 0 heterocycles. The van der Waals surface area contributed by atoms with Crippen molar-refractivity contribution in [2.75, 3.05) is 20.6 Å². The summed E-state index contributed by atoms with van der Waals surface area (Å²) in [6.07, 6.45) is 5.43. The standard InChI is InChI=1S/C12H26N2/c1-12(2)7-5-10(6-8-12)11(9-13)14(3)4/h10-11H,5-9,13H2,1-4H3. The minimum absolute atomic E-state index is 0.571. The molecule has 1 unspecified atom stereocenters. The molecule has 0 saturated heterocycles. The van der Waals surface area contributed by atoms with Crippen LogP contribution >= 0.6 is 0 Å². The number of nitrogens with zero attached hydrogens (tertiary/aromatic N) is 1. The van der Waals surface area contributed by atoms with E-state index in [9.17, 15) is 0 Å². The molecule has 0 aromatic rings. The molecule has 0 bridgehead atoms. The first-order valence-electron chi connectivity index (χ1n) is 5.83. The van der Waals surface area contributed by atoms with Gasteiger partial charge in [0.25, 0.3) is 0 Å². The molecule has 0 aromatic carbocycles. The summed E-state index contributed by atoms with van der Waals surface area (Å²) in [6, 6.07) is 0.589. The number of hydrogen-bond acceptors (Lipinski definition) is 2. The first-order chi connectivity index (χ1) is 6.46. The molecule has 0 radical (unpaired) electrons. The Morgan fingerprint density at radius 3 is 2.14 bits per heavy atom. The van der Waals surface area contributed by atoms with Gasteiger partial charge in [-0.25, -0.2) is 0 Å². The minimum Gasteiger partial charge on any atom is -0.329 e. The van der Waals surface area contributed by atoms with E-state index in [1.807, 2.05) is 0 Å². The molecule has 2 N–H and O–H groups in total. The third kappa shape index (κ3) is 2.96. The summed E-state index contributed by atoms with van der Waals surface area (Å²) in [7, 11) is 4.30. The van der Waals surface area contributed by atoms with Gasteiger partial charge in [0.05, 0.1) is 0 Å². The fraction of sp³-hybridized carbons (Fsp3) is 1.00. The molecule has 1 saturated carbocycles. The summed E-state index contributed by atoms with van der Waals surface area (Å²) in [6.45, 7) is 5.57. The lowest BCUT2D eigenvalue weighted by Crippen LogP contribution is -2.43. The summed E-state index contributed by atoms with van der Waals surface area (Å²) in [5.41, 5.74) is 6.40. The highest BCUT2D eigenvalue weighted by Gasteiger charge is 2.31. The first kappa shape index (κ1) is 12.0. The zero-order valence-corrected chi connectivity index (χ0v) is 10.2. The van der Waals surface area contributed by atoms with Crippen LogP contribution in [-0.2, 0) is 0 Å². The van der Waals surface area contributed by atoms with Crippen molar-refractivity contribution in [3.63, 3.8) is 0 Å². The first-order valence-corrected chi connectivity index (χ1v) is 5.83. The van der Waals surface area contributed by atoms with E-state index in [0.717, 1.165) is 12.5 Å². The highest BCUT2D eigenvalue weighted by molar-refractivity contribution is 4.85. The van der Waals surface area contributed by atoms with Crippen molar-refractivity contribution >= 4 is 0 Å². The molecule has 0 amide bonds. The average Bonchev–Trinajstić information content (AvgIpc) is 2.08. The molecule has 1 rings (SSSR count). The number of likely N-dealkylation sites (N-methyl/N-ethyl adjacent to an activating group) is 1. The van der Waals surface area contributed by atoms with Crippen molar-refractivity contribution < 1.29 is 0 Å². The van der Waals surface area contributed by atoms with E-state index in [1.165, 1.54) is 25.7 Å². The summed E-state index contributed by atoms with van der Waals surface area (Å²) >= 11 is 0. The molecule has 2 nitrogen and oxygen atoms in total. The molecule has 14 heavy (non-hydrogen) atoms. The molecule has 1 aliphatic rings. The topological polar surface area (TPSA) is 29.3 Å². The SMILES string of the molecule is CN(C)C(CN)C1CCC(C)(C)CC1. The molecular weight excluding hydrogens is 172 g/mol. The second kappa shape index (κ2) is 4.63. The van der Waals surface area contributed by atoms with E-state index in [1.54, 1.807) is 0 Å². The van der Waals surface area contributed by atoms with Gasteiger partial charge in [-0.2, -0.15) is 0 Å². The van der Waals surface area contributed by atoms with E-state index in [2.05, 4.69) is 32.8 Å². The van der Waals surface area contributed by atoms with Crippen LogP contribution in [0.15, 0.2) is 0 Å². The summed E-state index contributed by atoms with van der Waals surface area (Å²) < 4.78 is 0. The number of rotatable bonds is 3. The molecule has 1 aliphatic carbocycles. The van der Waals surface area contributed by atoms with Crippen molar-refractivity contribution in [3.8, 4) is 0 Å². The minimum atomic E-state index is 0.571. The van der Waals surface area contributed by atoms with Crippen LogP contribution in [0.2, 0.25) is 0 Å². The van der Waals surface area contributed by atoms with E-state index in [0.29, 0.717) is 11.5 Å². The van der Waals surface area contributed by atoms with Gasteiger partial charge in [-0.05, 0) is 51.1 Å². The van der Waals surface area contributed by atoms with E-state index >= 15 is 0 Å². The average molecular weight is 198 g/mol. The Morgan fingerprint density at radius 1 is 1.29 bits per heavy atom. The maximum absolute atomic E-state index is 5.83. The van der Waals surface area contributed by atoms with E-state index in [4.69, 9.17) is 5.73 Å². The van der Waals surface area contributed by atoms with Crippen molar-refractivity contribution in [1.82, 2.24) is 4.90 Å². The predicted octanol–water partition coefficient (Wildman–Crippen LogP) is 2.09. The van der Waals surface area contributed by atoms with E-state index in [-0.39, 0.29) is 0 Å². The second-order valence-electron chi connectivity index (χ2n) is 5.77. The van der Waals surface area contributed by atoms with Crippen LogP contribution in [0.25, 0.3) is 0 Å². The Bertz CT molecular complexity index is 165. The van der Waals surface area contributed by atoms with Crippen molar-refractivity contribution in [1.29, 1.82) is 0 Å². The molecule has 0 aliphatic heterocycles. The summed E-state index contributed by atoms with van der Waals surface area (Å²) in [5.74, 6) is 0.822. The smallest absolute Gasteiger partial charge is 0.0240 e. The van der Waals surface area contributed by atoms with Crippen LogP contribution in [-0.4, -0.2) is 31.6 Å². The van der Waals surface area contributed by atoms with Gasteiger partial charge >= 0.3 is 0 Å². The molecule has 2 heteroatoms. The van der Waals surface area contributed by atoms with Crippen molar-refractivity contribution in [2.45, 2.75) is 45.6 Å². The predicted molar refractivity (Wildman–Crippen MR) is 62.3 cm³/mol. The zero-order chi connectivity index (χ0) is 10.8. The molecule has 84 valence electrons. The third-order valence-electron chi connectivity index (χ3n) is 3.83. The fourth-order valence-electron chi connectivity index (χ4n) is 2.63. The Balaban J connectivity index is 2.47. The molecule has 1 atom stereocenters. The lowest BCUT2D eigenvalue weighted by Gasteiger charge is -2.39. The van der Waals surface area contributed by atoms with Crippen LogP contribution in [0.4, 0.5) is 0 Å². The van der Waals surface area contributed by atoms with Gasteiger partial charge in [-0.1, -0.05) is 13.8 Å². The maximum atomic E-state index is 5.83. The Hall–Kier alpha value is -0.0800. The van der Waals surface area contributed by atoms with Crippen LogP contribution in [0.3, 0.4) is 0 Å². The molecule has 0 spiro atoms. The number of hydrogen-bond donors (Lipinski definition) is 1. The van der Waals surface area contributed by atoms with Crippen LogP contribution in [0, 0.1) is 11.3 Å². The quantitative estimate of drug-likeness (QED) is 0.752. The van der Waals surface area contributed by atoms with Crippen molar-refractivity contribution in [2.24, 2.45) is 17.1 Å². The van der Waals surface area contributed by atoms with Gasteiger partial charge in [0.2, 0.25) is 0 Å². The summed E-state index contributed by atoms with van der Waals surface area (Å²) in [5, 5.41) is 0. The molecular formula is C12H26N2. The van der Waals surface area contributed by atoms with Gasteiger partial charge in [0, 0.05) is 12.6 Å². The van der Waals surface area contributed by atoms with Crippen molar-refractivity contribution in [3.05, 3.63) is 0 Å². The van der Waals surface area contributed by atoms with Crippen LogP contribution in [0.5, 0.6) is 0 Å². The lowest BCUT2D eigenvalue weighted by atomic mass is 9.71. The maximum Gasteiger partial charge on any atom is 0.0240 e. The number of nitrogens with two attached hydrogens (primary N) is 1. The Morgan fingerprint density at radius 2 is 1.79 bits per heavy atom. The van der Waals surface area contributed by atoms with Gasteiger partial charge in [0.15, 0.2) is 0 Å².